The standard InChI is InChI=1S/C14H28N4O/c1-5-7-16-13(15-6-2)17-12-14(3,4)18-8-10-19-11-9-18/h5H,1,6-12H2,2-4H3,(H2,15,16,17). The average Bonchev–Trinajstić information content (AvgIpc) is 2.43. The van der Waals surface area contributed by atoms with Crippen LogP contribution < -0.4 is 10.6 Å². The summed E-state index contributed by atoms with van der Waals surface area (Å²) in [4.78, 5) is 7.10. The minimum atomic E-state index is 0.0559. The number of guanidine groups is 1. The van der Waals surface area contributed by atoms with Gasteiger partial charge in [-0.15, -0.1) is 6.58 Å². The molecule has 0 bridgehead atoms. The van der Waals surface area contributed by atoms with E-state index in [4.69, 9.17) is 4.74 Å². The van der Waals surface area contributed by atoms with Crippen molar-refractivity contribution < 1.29 is 4.74 Å². The Bertz CT molecular complexity index is 296. The fraction of sp³-hybridized carbons (Fsp3) is 0.786. The molecule has 0 amide bonds. The number of nitrogens with one attached hydrogen (secondary N) is 2. The molecule has 1 rings (SSSR count). The largest absolute Gasteiger partial charge is 0.379 e. The Kier molecular flexibility index (Phi) is 6.87. The fourth-order valence-electron chi connectivity index (χ4n) is 2.05. The van der Waals surface area contributed by atoms with Crippen molar-refractivity contribution in [1.29, 1.82) is 0 Å². The minimum absolute atomic E-state index is 0.0559. The molecule has 0 aromatic rings. The van der Waals surface area contributed by atoms with Gasteiger partial charge in [0.15, 0.2) is 5.96 Å². The van der Waals surface area contributed by atoms with Crippen LogP contribution in [0.25, 0.3) is 0 Å². The van der Waals surface area contributed by atoms with E-state index < -0.39 is 0 Å². The lowest BCUT2D eigenvalue weighted by Gasteiger charge is -2.39. The van der Waals surface area contributed by atoms with Crippen molar-refractivity contribution in [2.75, 3.05) is 45.9 Å². The second-order valence-corrected chi connectivity index (χ2v) is 5.28. The van der Waals surface area contributed by atoms with Crippen LogP contribution in [-0.4, -0.2) is 62.3 Å². The van der Waals surface area contributed by atoms with Gasteiger partial charge in [0.05, 0.1) is 19.8 Å². The first kappa shape index (κ1) is 16.0. The molecule has 2 N–H and O–H groups in total. The Labute approximate surface area is 117 Å². The van der Waals surface area contributed by atoms with Crippen LogP contribution >= 0.6 is 0 Å². The maximum absolute atomic E-state index is 5.40. The Hall–Kier alpha value is -1.07. The second-order valence-electron chi connectivity index (χ2n) is 5.28. The molecule has 1 aliphatic rings. The van der Waals surface area contributed by atoms with E-state index in [0.29, 0.717) is 0 Å². The van der Waals surface area contributed by atoms with E-state index in [-0.39, 0.29) is 5.54 Å². The summed E-state index contributed by atoms with van der Waals surface area (Å²) in [6, 6.07) is 0. The molecule has 0 unspecified atom stereocenters. The monoisotopic (exact) mass is 268 g/mol. The number of aliphatic imine (C=N–C) groups is 1. The van der Waals surface area contributed by atoms with Crippen molar-refractivity contribution in [1.82, 2.24) is 15.5 Å². The van der Waals surface area contributed by atoms with Gasteiger partial charge >= 0.3 is 0 Å². The van der Waals surface area contributed by atoms with Crippen LogP contribution in [0, 0.1) is 0 Å². The van der Waals surface area contributed by atoms with Gasteiger partial charge in [0.25, 0.3) is 0 Å². The predicted molar refractivity (Wildman–Crippen MR) is 80.6 cm³/mol. The van der Waals surface area contributed by atoms with Crippen LogP contribution in [-0.2, 0) is 4.74 Å². The van der Waals surface area contributed by atoms with E-state index in [1.54, 1.807) is 0 Å². The molecule has 0 saturated carbocycles. The van der Waals surface area contributed by atoms with Crippen molar-refractivity contribution in [3.8, 4) is 0 Å². The van der Waals surface area contributed by atoms with Crippen LogP contribution in [0.4, 0.5) is 0 Å². The maximum atomic E-state index is 5.40. The topological polar surface area (TPSA) is 48.9 Å². The number of hydrogen-bond acceptors (Lipinski definition) is 3. The molecule has 110 valence electrons. The maximum Gasteiger partial charge on any atom is 0.191 e. The SMILES string of the molecule is C=CCNC(=NCC(C)(C)N1CCOCC1)NCC. The lowest BCUT2D eigenvalue weighted by molar-refractivity contribution is -0.00683. The van der Waals surface area contributed by atoms with Gasteiger partial charge in [0.2, 0.25) is 0 Å². The summed E-state index contributed by atoms with van der Waals surface area (Å²) in [5.41, 5.74) is 0.0559. The summed E-state index contributed by atoms with van der Waals surface area (Å²) >= 11 is 0. The molecule has 0 radical (unpaired) electrons. The molecular weight excluding hydrogens is 240 g/mol. The van der Waals surface area contributed by atoms with Crippen molar-refractivity contribution in [2.24, 2.45) is 4.99 Å². The van der Waals surface area contributed by atoms with Gasteiger partial charge in [-0.25, -0.2) is 0 Å². The fourth-order valence-corrected chi connectivity index (χ4v) is 2.05. The van der Waals surface area contributed by atoms with E-state index in [9.17, 15) is 0 Å². The third-order valence-corrected chi connectivity index (χ3v) is 3.25. The molecular formula is C14H28N4O. The van der Waals surface area contributed by atoms with E-state index in [1.807, 2.05) is 6.08 Å². The number of rotatable bonds is 6. The Balaban J connectivity index is 2.54. The first-order chi connectivity index (χ1) is 9.10. The molecule has 0 aliphatic carbocycles. The van der Waals surface area contributed by atoms with E-state index in [1.165, 1.54) is 0 Å². The van der Waals surface area contributed by atoms with Crippen LogP contribution in [0.5, 0.6) is 0 Å². The Morgan fingerprint density at radius 3 is 2.63 bits per heavy atom. The van der Waals surface area contributed by atoms with Crippen LogP contribution in [0.2, 0.25) is 0 Å². The summed E-state index contributed by atoms with van der Waals surface area (Å²) in [6.07, 6.45) is 1.83. The van der Waals surface area contributed by atoms with Gasteiger partial charge < -0.3 is 15.4 Å². The summed E-state index contributed by atoms with van der Waals surface area (Å²) in [5.74, 6) is 0.851. The summed E-state index contributed by atoms with van der Waals surface area (Å²) in [5, 5.41) is 6.46. The van der Waals surface area contributed by atoms with E-state index in [2.05, 4.69) is 47.9 Å². The summed E-state index contributed by atoms with van der Waals surface area (Å²) in [7, 11) is 0. The number of hydrogen-bond donors (Lipinski definition) is 2. The molecule has 1 fully saturated rings. The van der Waals surface area contributed by atoms with Crippen molar-refractivity contribution in [3.63, 3.8) is 0 Å². The molecule has 1 saturated heterocycles. The molecule has 0 atom stereocenters. The average molecular weight is 268 g/mol. The highest BCUT2D eigenvalue weighted by Gasteiger charge is 2.27. The molecule has 1 heterocycles. The van der Waals surface area contributed by atoms with Gasteiger partial charge in [-0.3, -0.25) is 9.89 Å². The van der Waals surface area contributed by atoms with Crippen LogP contribution in [0.15, 0.2) is 17.6 Å². The molecule has 0 spiro atoms. The van der Waals surface area contributed by atoms with Gasteiger partial charge in [0.1, 0.15) is 0 Å². The molecule has 5 nitrogen and oxygen atoms in total. The van der Waals surface area contributed by atoms with E-state index >= 15 is 0 Å². The van der Waals surface area contributed by atoms with Crippen LogP contribution in [0.3, 0.4) is 0 Å². The third-order valence-electron chi connectivity index (χ3n) is 3.25. The summed E-state index contributed by atoms with van der Waals surface area (Å²) in [6.45, 7) is 16.2. The molecule has 0 aromatic carbocycles. The normalized spacial score (nSPS) is 18.2. The highest BCUT2D eigenvalue weighted by molar-refractivity contribution is 5.79. The molecule has 0 aromatic heterocycles. The van der Waals surface area contributed by atoms with Crippen molar-refractivity contribution >= 4 is 5.96 Å². The Morgan fingerprint density at radius 1 is 1.37 bits per heavy atom. The number of morpholine rings is 1. The van der Waals surface area contributed by atoms with Gasteiger partial charge in [0, 0.05) is 31.7 Å². The minimum Gasteiger partial charge on any atom is -0.379 e. The zero-order valence-electron chi connectivity index (χ0n) is 12.5. The zero-order valence-corrected chi connectivity index (χ0v) is 12.5. The quantitative estimate of drug-likeness (QED) is 0.426. The highest BCUT2D eigenvalue weighted by atomic mass is 16.5. The smallest absolute Gasteiger partial charge is 0.191 e. The van der Waals surface area contributed by atoms with Gasteiger partial charge in [-0.2, -0.15) is 0 Å². The first-order valence-corrected chi connectivity index (χ1v) is 7.06. The number of ether oxygens (including phenoxy) is 1. The zero-order chi connectivity index (χ0) is 14.1. The lowest BCUT2D eigenvalue weighted by atomic mass is 10.0. The van der Waals surface area contributed by atoms with Crippen molar-refractivity contribution in [2.45, 2.75) is 26.3 Å². The lowest BCUT2D eigenvalue weighted by Crippen LogP contribution is -2.52. The number of nitrogens with zero attached hydrogens (tertiary/aromatic N) is 2. The van der Waals surface area contributed by atoms with E-state index in [0.717, 1.165) is 51.9 Å². The van der Waals surface area contributed by atoms with Gasteiger partial charge in [-0.05, 0) is 20.8 Å². The van der Waals surface area contributed by atoms with Crippen molar-refractivity contribution in [3.05, 3.63) is 12.7 Å². The third kappa shape index (κ3) is 5.61. The predicted octanol–water partition coefficient (Wildman–Crippen LogP) is 0.838. The first-order valence-electron chi connectivity index (χ1n) is 7.06. The summed E-state index contributed by atoms with van der Waals surface area (Å²) < 4.78 is 5.40. The Morgan fingerprint density at radius 2 is 2.05 bits per heavy atom. The second kappa shape index (κ2) is 8.17. The molecule has 5 heteroatoms. The molecule has 19 heavy (non-hydrogen) atoms. The molecule has 1 aliphatic heterocycles. The van der Waals surface area contributed by atoms with Crippen LogP contribution in [0.1, 0.15) is 20.8 Å². The highest BCUT2D eigenvalue weighted by Crippen LogP contribution is 2.16. The van der Waals surface area contributed by atoms with Gasteiger partial charge in [-0.1, -0.05) is 6.08 Å².